The number of aliphatic hydroxyl groups is 1. The lowest BCUT2D eigenvalue weighted by Crippen LogP contribution is -2.42. The molecule has 0 spiro atoms. The van der Waals surface area contributed by atoms with E-state index in [1.54, 1.807) is 0 Å². The summed E-state index contributed by atoms with van der Waals surface area (Å²) in [5, 5.41) is 21.4. The number of ether oxygens (including phenoxy) is 1. The Bertz CT molecular complexity index is 544. The van der Waals surface area contributed by atoms with Gasteiger partial charge >= 0.3 is 12.0 Å². The van der Waals surface area contributed by atoms with E-state index in [-0.39, 0.29) is 18.5 Å². The minimum absolute atomic E-state index is 0.150. The SMILES string of the molecule is COc1nc(NCC(C)(O)C(=O)O)nc(N2CCCCCC2)n1. The summed E-state index contributed by atoms with van der Waals surface area (Å²) in [5.41, 5.74) is -1.91. The van der Waals surface area contributed by atoms with Crippen LogP contribution in [0.5, 0.6) is 6.01 Å². The number of methoxy groups -OCH3 is 1. The van der Waals surface area contributed by atoms with Crippen molar-refractivity contribution >= 4 is 17.9 Å². The summed E-state index contributed by atoms with van der Waals surface area (Å²) in [6.07, 6.45) is 4.52. The Morgan fingerprint density at radius 2 is 1.91 bits per heavy atom. The van der Waals surface area contributed by atoms with Crippen LogP contribution in [0.25, 0.3) is 0 Å². The Morgan fingerprint density at radius 1 is 1.26 bits per heavy atom. The predicted molar refractivity (Wildman–Crippen MR) is 83.8 cm³/mol. The van der Waals surface area contributed by atoms with Crippen molar-refractivity contribution in [2.24, 2.45) is 0 Å². The Balaban J connectivity index is 2.16. The number of aromatic nitrogens is 3. The first-order chi connectivity index (χ1) is 10.9. The fourth-order valence-electron chi connectivity index (χ4n) is 2.26. The van der Waals surface area contributed by atoms with Gasteiger partial charge in [-0.2, -0.15) is 15.0 Å². The largest absolute Gasteiger partial charge is 0.479 e. The number of rotatable bonds is 6. The monoisotopic (exact) mass is 325 g/mol. The molecule has 9 nitrogen and oxygen atoms in total. The molecule has 0 amide bonds. The van der Waals surface area contributed by atoms with Gasteiger partial charge in [0.15, 0.2) is 5.60 Å². The summed E-state index contributed by atoms with van der Waals surface area (Å²) in [7, 11) is 1.46. The maximum Gasteiger partial charge on any atom is 0.337 e. The molecule has 23 heavy (non-hydrogen) atoms. The topological polar surface area (TPSA) is 121 Å². The average Bonchev–Trinajstić information content (AvgIpc) is 2.82. The predicted octanol–water partition coefficient (Wildman–Crippen LogP) is 0.508. The van der Waals surface area contributed by atoms with Gasteiger partial charge in [-0.1, -0.05) is 12.8 Å². The van der Waals surface area contributed by atoms with Gasteiger partial charge in [0.05, 0.1) is 13.7 Å². The van der Waals surface area contributed by atoms with Crippen LogP contribution >= 0.6 is 0 Å². The number of carboxylic acid groups (broad SMARTS) is 1. The van der Waals surface area contributed by atoms with Crippen molar-refractivity contribution in [1.29, 1.82) is 0 Å². The zero-order valence-electron chi connectivity index (χ0n) is 13.4. The fourth-order valence-corrected chi connectivity index (χ4v) is 2.26. The average molecular weight is 325 g/mol. The van der Waals surface area contributed by atoms with E-state index in [1.165, 1.54) is 26.9 Å². The Kier molecular flexibility index (Phi) is 5.54. The number of aliphatic carboxylic acids is 1. The highest BCUT2D eigenvalue weighted by atomic mass is 16.5. The summed E-state index contributed by atoms with van der Waals surface area (Å²) in [4.78, 5) is 25.6. The van der Waals surface area contributed by atoms with Crippen LogP contribution in [-0.4, -0.2) is 63.5 Å². The van der Waals surface area contributed by atoms with Crippen LogP contribution in [-0.2, 0) is 4.79 Å². The number of carbonyl (C=O) groups is 1. The van der Waals surface area contributed by atoms with Crippen LogP contribution in [0.3, 0.4) is 0 Å². The molecule has 0 aromatic carbocycles. The van der Waals surface area contributed by atoms with E-state index in [0.717, 1.165) is 25.9 Å². The molecule has 1 aromatic rings. The second-order valence-electron chi connectivity index (χ2n) is 5.78. The van der Waals surface area contributed by atoms with Gasteiger partial charge in [0.25, 0.3) is 0 Å². The van der Waals surface area contributed by atoms with Crippen molar-refractivity contribution in [1.82, 2.24) is 15.0 Å². The number of hydrogen-bond acceptors (Lipinski definition) is 8. The summed E-state index contributed by atoms with van der Waals surface area (Å²) < 4.78 is 5.09. The lowest BCUT2D eigenvalue weighted by atomic mass is 10.1. The van der Waals surface area contributed by atoms with E-state index in [1.807, 2.05) is 0 Å². The molecule has 2 rings (SSSR count). The van der Waals surface area contributed by atoms with E-state index in [9.17, 15) is 9.90 Å². The molecule has 128 valence electrons. The molecule has 0 saturated carbocycles. The van der Waals surface area contributed by atoms with Crippen LogP contribution in [0.1, 0.15) is 32.6 Å². The van der Waals surface area contributed by atoms with Crippen LogP contribution < -0.4 is 15.0 Å². The van der Waals surface area contributed by atoms with Crippen molar-refractivity contribution < 1.29 is 19.7 Å². The quantitative estimate of drug-likeness (QED) is 0.686. The van der Waals surface area contributed by atoms with Crippen LogP contribution in [0, 0.1) is 0 Å². The molecule has 1 fully saturated rings. The molecule has 9 heteroatoms. The minimum atomic E-state index is -1.91. The van der Waals surface area contributed by atoms with Crippen molar-refractivity contribution in [2.45, 2.75) is 38.2 Å². The minimum Gasteiger partial charge on any atom is -0.479 e. The summed E-state index contributed by atoms with van der Waals surface area (Å²) in [6, 6.07) is 0.150. The third-order valence-corrected chi connectivity index (χ3v) is 3.73. The van der Waals surface area contributed by atoms with E-state index in [4.69, 9.17) is 9.84 Å². The lowest BCUT2D eigenvalue weighted by Gasteiger charge is -2.22. The maximum absolute atomic E-state index is 10.9. The maximum atomic E-state index is 10.9. The van der Waals surface area contributed by atoms with Crippen molar-refractivity contribution in [2.75, 3.05) is 37.0 Å². The van der Waals surface area contributed by atoms with Gasteiger partial charge < -0.3 is 25.2 Å². The smallest absolute Gasteiger partial charge is 0.337 e. The molecular formula is C14H23N5O4. The molecule has 2 heterocycles. The van der Waals surface area contributed by atoms with E-state index >= 15 is 0 Å². The van der Waals surface area contributed by atoms with Gasteiger partial charge in [0, 0.05) is 13.1 Å². The highest BCUT2D eigenvalue weighted by Crippen LogP contribution is 2.19. The number of hydrogen-bond donors (Lipinski definition) is 3. The third kappa shape index (κ3) is 4.65. The molecule has 0 bridgehead atoms. The van der Waals surface area contributed by atoms with E-state index in [0.29, 0.717) is 5.95 Å². The number of anilines is 2. The molecule has 1 unspecified atom stereocenters. The van der Waals surface area contributed by atoms with E-state index < -0.39 is 11.6 Å². The van der Waals surface area contributed by atoms with Crippen molar-refractivity contribution in [3.63, 3.8) is 0 Å². The van der Waals surface area contributed by atoms with Gasteiger partial charge in [-0.05, 0) is 19.8 Å². The van der Waals surface area contributed by atoms with Gasteiger partial charge in [0.2, 0.25) is 11.9 Å². The van der Waals surface area contributed by atoms with Gasteiger partial charge in [-0.15, -0.1) is 0 Å². The van der Waals surface area contributed by atoms with Gasteiger partial charge in [-0.3, -0.25) is 0 Å². The van der Waals surface area contributed by atoms with Crippen LogP contribution in [0.15, 0.2) is 0 Å². The molecule has 1 saturated heterocycles. The van der Waals surface area contributed by atoms with Crippen molar-refractivity contribution in [3.05, 3.63) is 0 Å². The lowest BCUT2D eigenvalue weighted by molar-refractivity contribution is -0.155. The summed E-state index contributed by atoms with van der Waals surface area (Å²) in [5.74, 6) is -0.646. The highest BCUT2D eigenvalue weighted by Gasteiger charge is 2.30. The van der Waals surface area contributed by atoms with Gasteiger partial charge in [0.1, 0.15) is 0 Å². The fraction of sp³-hybridized carbons (Fsp3) is 0.714. The first kappa shape index (κ1) is 17.2. The number of nitrogens with one attached hydrogen (secondary N) is 1. The second-order valence-corrected chi connectivity index (χ2v) is 5.78. The second kappa shape index (κ2) is 7.40. The molecule has 1 aromatic heterocycles. The van der Waals surface area contributed by atoms with Crippen LogP contribution in [0.4, 0.5) is 11.9 Å². The molecular weight excluding hydrogens is 302 g/mol. The highest BCUT2D eigenvalue weighted by molar-refractivity contribution is 5.77. The van der Waals surface area contributed by atoms with Gasteiger partial charge in [-0.25, -0.2) is 4.79 Å². The normalized spacial score (nSPS) is 18.0. The molecule has 3 N–H and O–H groups in total. The van der Waals surface area contributed by atoms with Crippen LogP contribution in [0.2, 0.25) is 0 Å². The number of nitrogens with zero attached hydrogens (tertiary/aromatic N) is 4. The zero-order valence-corrected chi connectivity index (χ0v) is 13.4. The Hall–Kier alpha value is -2.16. The Morgan fingerprint density at radius 3 is 2.48 bits per heavy atom. The summed E-state index contributed by atoms with van der Waals surface area (Å²) >= 11 is 0. The first-order valence-electron chi connectivity index (χ1n) is 7.67. The summed E-state index contributed by atoms with van der Waals surface area (Å²) in [6.45, 7) is 2.70. The molecule has 0 aliphatic carbocycles. The zero-order chi connectivity index (χ0) is 16.9. The third-order valence-electron chi connectivity index (χ3n) is 3.73. The standard InChI is InChI=1S/C14H23N5O4/c1-14(22,10(20)21)9-15-11-16-12(18-13(17-11)23-2)19-7-5-3-4-6-8-19/h22H,3-9H2,1-2H3,(H,20,21)(H,15,16,17,18). The molecule has 1 aliphatic rings. The molecule has 1 aliphatic heterocycles. The van der Waals surface area contributed by atoms with Crippen molar-refractivity contribution in [3.8, 4) is 6.01 Å². The number of carboxylic acids is 1. The Labute approximate surface area is 134 Å². The molecule has 0 radical (unpaired) electrons. The molecule has 1 atom stereocenters. The van der Waals surface area contributed by atoms with E-state index in [2.05, 4.69) is 25.2 Å². The first-order valence-corrected chi connectivity index (χ1v) is 7.67.